The van der Waals surface area contributed by atoms with E-state index in [0.717, 1.165) is 0 Å². The van der Waals surface area contributed by atoms with Crippen molar-refractivity contribution in [1.29, 1.82) is 0 Å². The number of hydrogen-bond acceptors (Lipinski definition) is 3. The molecule has 0 spiro atoms. The highest BCUT2D eigenvalue weighted by atomic mass is 16.3. The summed E-state index contributed by atoms with van der Waals surface area (Å²) in [6, 6.07) is 0. The van der Waals surface area contributed by atoms with Gasteiger partial charge >= 0.3 is 0 Å². The summed E-state index contributed by atoms with van der Waals surface area (Å²) in [5.74, 6) is 0.0556. The Morgan fingerprint density at radius 1 is 1.22 bits per heavy atom. The van der Waals surface area contributed by atoms with E-state index in [4.69, 9.17) is 15.3 Å². The molecule has 3 N–H and O–H groups in total. The molecule has 9 heavy (non-hydrogen) atoms. The molecule has 1 aliphatic rings. The molecule has 0 heterocycles. The maximum atomic E-state index is 8.94. The Kier molecular flexibility index (Phi) is 2.05. The molecule has 1 saturated carbocycles. The summed E-state index contributed by atoms with van der Waals surface area (Å²) >= 11 is 0. The molecule has 1 rings (SSSR count). The Bertz CT molecular complexity index is 94.3. The normalized spacial score (nSPS) is 42.3. The third-order valence-electron chi connectivity index (χ3n) is 2.09. The fraction of sp³-hybridized carbons (Fsp3) is 1.00. The zero-order valence-corrected chi connectivity index (χ0v) is 5.20. The minimum absolute atomic E-state index is 0.00755. The van der Waals surface area contributed by atoms with Crippen LogP contribution in [0.4, 0.5) is 0 Å². The maximum absolute atomic E-state index is 8.94. The fourth-order valence-corrected chi connectivity index (χ4v) is 1.26. The predicted molar refractivity (Wildman–Crippen MR) is 31.8 cm³/mol. The number of aliphatic hydroxyl groups is 3. The third kappa shape index (κ3) is 1.08. The van der Waals surface area contributed by atoms with Gasteiger partial charge in [-0.25, -0.2) is 0 Å². The van der Waals surface area contributed by atoms with Gasteiger partial charge in [-0.3, -0.25) is 0 Å². The lowest BCUT2D eigenvalue weighted by atomic mass is 9.72. The van der Waals surface area contributed by atoms with Crippen molar-refractivity contribution in [2.75, 3.05) is 13.2 Å². The molecule has 0 saturated heterocycles. The van der Waals surface area contributed by atoms with Gasteiger partial charge in [-0.2, -0.15) is 0 Å². The summed E-state index contributed by atoms with van der Waals surface area (Å²) in [6.07, 6.45) is 0.258. The van der Waals surface area contributed by atoms with E-state index in [2.05, 4.69) is 0 Å². The van der Waals surface area contributed by atoms with Crippen LogP contribution in [0.15, 0.2) is 0 Å². The Morgan fingerprint density at radius 3 is 2.11 bits per heavy atom. The van der Waals surface area contributed by atoms with Gasteiger partial charge in [0.05, 0.1) is 6.10 Å². The van der Waals surface area contributed by atoms with Crippen LogP contribution in [-0.2, 0) is 0 Å². The van der Waals surface area contributed by atoms with Crippen molar-refractivity contribution in [2.24, 2.45) is 11.8 Å². The predicted octanol–water partition coefficient (Wildman–Crippen LogP) is -1.03. The van der Waals surface area contributed by atoms with E-state index >= 15 is 0 Å². The zero-order chi connectivity index (χ0) is 6.85. The van der Waals surface area contributed by atoms with E-state index in [0.29, 0.717) is 6.42 Å². The highest BCUT2D eigenvalue weighted by molar-refractivity contribution is 4.87. The molecule has 0 aromatic heterocycles. The number of rotatable bonds is 2. The van der Waals surface area contributed by atoms with Gasteiger partial charge in [-0.15, -0.1) is 0 Å². The van der Waals surface area contributed by atoms with Crippen molar-refractivity contribution in [2.45, 2.75) is 12.5 Å². The molecular formula is C6H12O3. The van der Waals surface area contributed by atoms with E-state index in [-0.39, 0.29) is 31.2 Å². The van der Waals surface area contributed by atoms with Crippen molar-refractivity contribution in [3.05, 3.63) is 0 Å². The Morgan fingerprint density at radius 2 is 1.89 bits per heavy atom. The van der Waals surface area contributed by atoms with E-state index in [1.54, 1.807) is 0 Å². The van der Waals surface area contributed by atoms with Gasteiger partial charge in [0.2, 0.25) is 0 Å². The van der Waals surface area contributed by atoms with Crippen LogP contribution in [0.2, 0.25) is 0 Å². The van der Waals surface area contributed by atoms with Gasteiger partial charge < -0.3 is 15.3 Å². The summed E-state index contributed by atoms with van der Waals surface area (Å²) in [5.41, 5.74) is 0. The van der Waals surface area contributed by atoms with Gasteiger partial charge in [-0.1, -0.05) is 0 Å². The first kappa shape index (κ1) is 6.99. The average molecular weight is 132 g/mol. The summed E-state index contributed by atoms with van der Waals surface area (Å²) in [6.45, 7) is 0.0781. The Hall–Kier alpha value is -0.120. The number of hydrogen-bond donors (Lipinski definition) is 3. The van der Waals surface area contributed by atoms with Crippen LogP contribution in [-0.4, -0.2) is 34.6 Å². The SMILES string of the molecule is OCC1CC(O)C1CO. The standard InChI is InChI=1S/C6H12O3/c7-2-4-1-6(9)5(4)3-8/h4-9H,1-3H2. The molecule has 0 amide bonds. The van der Waals surface area contributed by atoms with Gasteiger partial charge in [0, 0.05) is 19.1 Å². The first-order valence-electron chi connectivity index (χ1n) is 3.19. The van der Waals surface area contributed by atoms with E-state index in [1.165, 1.54) is 0 Å². The molecule has 3 heteroatoms. The minimum Gasteiger partial charge on any atom is -0.396 e. The Labute approximate surface area is 53.9 Å². The second-order valence-electron chi connectivity index (χ2n) is 2.59. The lowest BCUT2D eigenvalue weighted by Gasteiger charge is -2.39. The van der Waals surface area contributed by atoms with E-state index in [9.17, 15) is 0 Å². The molecule has 0 aliphatic heterocycles. The zero-order valence-electron chi connectivity index (χ0n) is 5.20. The van der Waals surface area contributed by atoms with Crippen LogP contribution in [0.5, 0.6) is 0 Å². The molecule has 0 bridgehead atoms. The highest BCUT2D eigenvalue weighted by Gasteiger charge is 2.38. The summed E-state index contributed by atoms with van der Waals surface area (Å²) in [5, 5.41) is 26.1. The van der Waals surface area contributed by atoms with Crippen molar-refractivity contribution >= 4 is 0 Å². The van der Waals surface area contributed by atoms with Gasteiger partial charge in [0.25, 0.3) is 0 Å². The van der Waals surface area contributed by atoms with Crippen LogP contribution in [0.25, 0.3) is 0 Å². The average Bonchev–Trinajstić information content (AvgIpc) is 1.83. The van der Waals surface area contributed by atoms with Gasteiger partial charge in [-0.05, 0) is 12.3 Å². The quantitative estimate of drug-likeness (QED) is 0.450. The lowest BCUT2D eigenvalue weighted by molar-refractivity contribution is -0.0777. The largest absolute Gasteiger partial charge is 0.396 e. The summed E-state index contributed by atoms with van der Waals surface area (Å²) < 4.78 is 0. The van der Waals surface area contributed by atoms with Crippen molar-refractivity contribution in [3.8, 4) is 0 Å². The molecule has 1 aliphatic carbocycles. The van der Waals surface area contributed by atoms with Crippen LogP contribution in [0.3, 0.4) is 0 Å². The summed E-state index contributed by atoms with van der Waals surface area (Å²) in [7, 11) is 0. The minimum atomic E-state index is -0.382. The molecule has 3 unspecified atom stereocenters. The van der Waals surface area contributed by atoms with Crippen molar-refractivity contribution < 1.29 is 15.3 Å². The van der Waals surface area contributed by atoms with Crippen LogP contribution >= 0.6 is 0 Å². The maximum Gasteiger partial charge on any atom is 0.0597 e. The van der Waals surface area contributed by atoms with Crippen LogP contribution < -0.4 is 0 Å². The molecule has 0 aromatic carbocycles. The molecule has 3 atom stereocenters. The van der Waals surface area contributed by atoms with Crippen LogP contribution in [0, 0.1) is 11.8 Å². The molecule has 0 radical (unpaired) electrons. The second kappa shape index (κ2) is 2.64. The fourth-order valence-electron chi connectivity index (χ4n) is 1.26. The first-order chi connectivity index (χ1) is 4.29. The first-order valence-corrected chi connectivity index (χ1v) is 3.19. The smallest absolute Gasteiger partial charge is 0.0597 e. The Balaban J connectivity index is 2.29. The monoisotopic (exact) mass is 132 g/mol. The van der Waals surface area contributed by atoms with Gasteiger partial charge in [0.1, 0.15) is 0 Å². The topological polar surface area (TPSA) is 60.7 Å². The lowest BCUT2D eigenvalue weighted by Crippen LogP contribution is -2.45. The second-order valence-corrected chi connectivity index (χ2v) is 2.59. The molecule has 54 valence electrons. The molecule has 1 fully saturated rings. The third-order valence-corrected chi connectivity index (χ3v) is 2.09. The van der Waals surface area contributed by atoms with Crippen molar-refractivity contribution in [3.63, 3.8) is 0 Å². The highest BCUT2D eigenvalue weighted by Crippen LogP contribution is 2.33. The number of aliphatic hydroxyl groups excluding tert-OH is 3. The van der Waals surface area contributed by atoms with Crippen LogP contribution in [0.1, 0.15) is 6.42 Å². The van der Waals surface area contributed by atoms with E-state index < -0.39 is 0 Å². The van der Waals surface area contributed by atoms with Crippen molar-refractivity contribution in [1.82, 2.24) is 0 Å². The molecular weight excluding hydrogens is 120 g/mol. The summed E-state index contributed by atoms with van der Waals surface area (Å²) in [4.78, 5) is 0. The van der Waals surface area contributed by atoms with E-state index in [1.807, 2.05) is 0 Å². The molecule has 3 nitrogen and oxygen atoms in total. The van der Waals surface area contributed by atoms with Gasteiger partial charge in [0.15, 0.2) is 0 Å². The molecule has 0 aromatic rings.